The van der Waals surface area contributed by atoms with Crippen LogP contribution in [0, 0.1) is 11.8 Å². The van der Waals surface area contributed by atoms with Crippen molar-refractivity contribution in [2.45, 2.75) is 6.61 Å². The lowest BCUT2D eigenvalue weighted by molar-refractivity contribution is 0.0457. The van der Waals surface area contributed by atoms with Crippen LogP contribution in [0.3, 0.4) is 0 Å². The molecule has 0 saturated carbocycles. The van der Waals surface area contributed by atoms with Crippen molar-refractivity contribution in [2.75, 3.05) is 20.0 Å². The summed E-state index contributed by atoms with van der Waals surface area (Å²) in [5.41, 5.74) is 8.33. The second-order valence-corrected chi connectivity index (χ2v) is 6.73. The molecule has 0 fully saturated rings. The zero-order valence-corrected chi connectivity index (χ0v) is 17.5. The second-order valence-electron chi connectivity index (χ2n) is 6.73. The molecule has 0 amide bonds. The number of hydrogen-bond donors (Lipinski definition) is 1. The third kappa shape index (κ3) is 4.32. The summed E-state index contributed by atoms with van der Waals surface area (Å²) in [6, 6.07) is 14.7. The summed E-state index contributed by atoms with van der Waals surface area (Å²) in [4.78, 5) is 21.2. The van der Waals surface area contributed by atoms with Gasteiger partial charge in [-0.15, -0.1) is 0 Å². The standard InChI is InChI=1S/C24H20N4O4/c1-30-18-12-17(13-19(14-18)31-2)8-9-20-21-22(25)26-10-11-28(21)23(27-20)24(29)32-15-16-6-4-3-5-7-16/h3-7,10-14H,15H2,1-2H3,(H2,25,26). The molecule has 0 aliphatic carbocycles. The maximum atomic E-state index is 12.7. The molecule has 0 saturated heterocycles. The Morgan fingerprint density at radius 3 is 2.47 bits per heavy atom. The number of imidazole rings is 1. The summed E-state index contributed by atoms with van der Waals surface area (Å²) in [5.74, 6) is 6.89. The van der Waals surface area contributed by atoms with E-state index in [0.717, 1.165) is 5.56 Å². The van der Waals surface area contributed by atoms with Crippen LogP contribution in [0.25, 0.3) is 5.52 Å². The number of anilines is 1. The summed E-state index contributed by atoms with van der Waals surface area (Å²) in [6.07, 6.45) is 3.08. The maximum Gasteiger partial charge on any atom is 0.375 e. The van der Waals surface area contributed by atoms with Crippen LogP contribution in [-0.2, 0) is 11.3 Å². The Morgan fingerprint density at radius 2 is 1.78 bits per heavy atom. The molecule has 2 heterocycles. The van der Waals surface area contributed by atoms with Gasteiger partial charge in [-0.2, -0.15) is 0 Å². The van der Waals surface area contributed by atoms with E-state index in [9.17, 15) is 4.79 Å². The molecule has 0 aliphatic rings. The Hall–Kier alpha value is -4.51. The van der Waals surface area contributed by atoms with Crippen LogP contribution >= 0.6 is 0 Å². The molecule has 2 N–H and O–H groups in total. The minimum absolute atomic E-state index is 0.0672. The predicted octanol–water partition coefficient (Wildman–Crippen LogP) is 3.09. The Bertz CT molecular complexity index is 1310. The molecule has 8 heteroatoms. The molecule has 32 heavy (non-hydrogen) atoms. The third-order valence-electron chi connectivity index (χ3n) is 4.66. The number of carbonyl (C=O) groups excluding carboxylic acids is 1. The number of nitrogens with zero attached hydrogens (tertiary/aromatic N) is 3. The van der Waals surface area contributed by atoms with E-state index in [-0.39, 0.29) is 18.2 Å². The van der Waals surface area contributed by atoms with E-state index >= 15 is 0 Å². The summed E-state index contributed by atoms with van der Waals surface area (Å²) in [6.45, 7) is 0.125. The first-order valence-electron chi connectivity index (χ1n) is 9.67. The smallest absolute Gasteiger partial charge is 0.375 e. The zero-order valence-electron chi connectivity index (χ0n) is 17.5. The topological polar surface area (TPSA) is 101 Å². The average molecular weight is 428 g/mol. The summed E-state index contributed by atoms with van der Waals surface area (Å²) >= 11 is 0. The van der Waals surface area contributed by atoms with Crippen molar-refractivity contribution in [1.82, 2.24) is 14.4 Å². The molecule has 0 spiro atoms. The highest BCUT2D eigenvalue weighted by atomic mass is 16.5. The van der Waals surface area contributed by atoms with Crippen molar-refractivity contribution >= 4 is 17.3 Å². The van der Waals surface area contributed by atoms with E-state index in [1.54, 1.807) is 38.6 Å². The van der Waals surface area contributed by atoms with Crippen LogP contribution in [0.2, 0.25) is 0 Å². The van der Waals surface area contributed by atoms with Gasteiger partial charge in [0.05, 0.1) is 14.2 Å². The number of hydrogen-bond acceptors (Lipinski definition) is 7. The van der Waals surface area contributed by atoms with Crippen LogP contribution in [0.4, 0.5) is 5.82 Å². The van der Waals surface area contributed by atoms with Gasteiger partial charge in [-0.05, 0) is 23.6 Å². The lowest BCUT2D eigenvalue weighted by Gasteiger charge is -2.04. The van der Waals surface area contributed by atoms with Crippen LogP contribution < -0.4 is 15.2 Å². The van der Waals surface area contributed by atoms with E-state index in [1.165, 1.54) is 10.6 Å². The number of nitrogen functional groups attached to an aromatic ring is 1. The minimum Gasteiger partial charge on any atom is -0.497 e. The molecule has 4 rings (SSSR count). The fourth-order valence-electron chi connectivity index (χ4n) is 3.09. The first-order valence-corrected chi connectivity index (χ1v) is 9.67. The molecule has 2 aromatic heterocycles. The first kappa shape index (κ1) is 20.8. The molecular weight excluding hydrogens is 408 g/mol. The Balaban J connectivity index is 1.70. The van der Waals surface area contributed by atoms with Crippen LogP contribution in [0.5, 0.6) is 11.5 Å². The van der Waals surface area contributed by atoms with Gasteiger partial charge in [0.1, 0.15) is 29.3 Å². The van der Waals surface area contributed by atoms with Crippen molar-refractivity contribution in [1.29, 1.82) is 0 Å². The molecule has 2 aromatic carbocycles. The van der Waals surface area contributed by atoms with E-state index in [4.69, 9.17) is 19.9 Å². The number of ether oxygens (including phenoxy) is 3. The Morgan fingerprint density at radius 1 is 1.06 bits per heavy atom. The van der Waals surface area contributed by atoms with Gasteiger partial charge in [0.15, 0.2) is 5.82 Å². The van der Waals surface area contributed by atoms with E-state index in [1.807, 2.05) is 30.3 Å². The van der Waals surface area contributed by atoms with Crippen molar-refractivity contribution < 1.29 is 19.0 Å². The molecule has 4 aromatic rings. The van der Waals surface area contributed by atoms with E-state index in [0.29, 0.717) is 28.3 Å². The van der Waals surface area contributed by atoms with Crippen molar-refractivity contribution in [2.24, 2.45) is 0 Å². The maximum absolute atomic E-state index is 12.7. The molecule has 0 aliphatic heterocycles. The lowest BCUT2D eigenvalue weighted by atomic mass is 10.2. The number of fused-ring (bicyclic) bond motifs is 1. The number of carbonyl (C=O) groups is 1. The van der Waals surface area contributed by atoms with Gasteiger partial charge >= 0.3 is 5.97 Å². The number of nitrogens with two attached hydrogens (primary N) is 1. The van der Waals surface area contributed by atoms with Gasteiger partial charge < -0.3 is 19.9 Å². The molecule has 0 radical (unpaired) electrons. The largest absolute Gasteiger partial charge is 0.497 e. The van der Waals surface area contributed by atoms with E-state index in [2.05, 4.69) is 21.8 Å². The quantitative estimate of drug-likeness (QED) is 0.385. The lowest BCUT2D eigenvalue weighted by Crippen LogP contribution is -2.10. The summed E-state index contributed by atoms with van der Waals surface area (Å²) in [5, 5.41) is 0. The van der Waals surface area contributed by atoms with Crippen molar-refractivity contribution in [3.8, 4) is 23.3 Å². The Kier molecular flexibility index (Phi) is 5.90. The molecule has 160 valence electrons. The zero-order chi connectivity index (χ0) is 22.5. The molecular formula is C24H20N4O4. The Labute approximate surface area is 184 Å². The normalized spacial score (nSPS) is 10.3. The van der Waals surface area contributed by atoms with E-state index < -0.39 is 5.97 Å². The van der Waals surface area contributed by atoms with Gasteiger partial charge in [0.25, 0.3) is 0 Å². The van der Waals surface area contributed by atoms with Crippen LogP contribution in [0.1, 0.15) is 27.4 Å². The number of aromatic nitrogens is 3. The molecule has 0 atom stereocenters. The number of benzene rings is 2. The highest BCUT2D eigenvalue weighted by Crippen LogP contribution is 2.23. The number of esters is 1. The van der Waals surface area contributed by atoms with Crippen molar-refractivity contribution in [3.63, 3.8) is 0 Å². The summed E-state index contributed by atoms with van der Waals surface area (Å²) in [7, 11) is 3.13. The molecule has 8 nitrogen and oxygen atoms in total. The minimum atomic E-state index is -0.592. The third-order valence-corrected chi connectivity index (χ3v) is 4.66. The fourth-order valence-corrected chi connectivity index (χ4v) is 3.09. The van der Waals surface area contributed by atoms with Crippen molar-refractivity contribution in [3.05, 3.63) is 83.6 Å². The van der Waals surface area contributed by atoms with Gasteiger partial charge in [0, 0.05) is 24.0 Å². The fraction of sp³-hybridized carbons (Fsp3) is 0.125. The van der Waals surface area contributed by atoms with Gasteiger partial charge in [-0.1, -0.05) is 36.3 Å². The average Bonchev–Trinajstić information content (AvgIpc) is 3.21. The molecule has 0 unspecified atom stereocenters. The highest BCUT2D eigenvalue weighted by molar-refractivity contribution is 5.89. The van der Waals surface area contributed by atoms with Crippen LogP contribution in [-0.4, -0.2) is 34.6 Å². The second kappa shape index (κ2) is 9.10. The highest BCUT2D eigenvalue weighted by Gasteiger charge is 2.20. The van der Waals surface area contributed by atoms with Gasteiger partial charge in [0.2, 0.25) is 5.82 Å². The van der Waals surface area contributed by atoms with Gasteiger partial charge in [-0.25, -0.2) is 14.8 Å². The monoisotopic (exact) mass is 428 g/mol. The molecule has 0 bridgehead atoms. The van der Waals surface area contributed by atoms with Gasteiger partial charge in [-0.3, -0.25) is 4.40 Å². The van der Waals surface area contributed by atoms with Crippen LogP contribution in [0.15, 0.2) is 60.9 Å². The predicted molar refractivity (Wildman–Crippen MR) is 118 cm³/mol. The number of rotatable bonds is 5. The SMILES string of the molecule is COc1cc(C#Cc2nc(C(=O)OCc3ccccc3)n3ccnc(N)c23)cc(OC)c1. The summed E-state index contributed by atoms with van der Waals surface area (Å²) < 4.78 is 17.5. The first-order chi connectivity index (χ1) is 15.6. The number of methoxy groups -OCH3 is 2.